The molecular weight excluding hydrogens is 365 g/mol. The molecule has 0 aromatic heterocycles. The minimum absolute atomic E-state index is 0.518. The maximum absolute atomic E-state index is 12.1. The van der Waals surface area contributed by atoms with Crippen LogP contribution in [0.1, 0.15) is 19.4 Å². The van der Waals surface area contributed by atoms with Crippen LogP contribution in [0, 0.1) is 10.5 Å². The fourth-order valence-corrected chi connectivity index (χ4v) is 2.07. The number of nitrogens with one attached hydrogen (secondary N) is 1. The molecule has 4 nitrogen and oxygen atoms in total. The first-order valence-electron chi connectivity index (χ1n) is 5.33. The van der Waals surface area contributed by atoms with Gasteiger partial charge in [0.1, 0.15) is 4.75 Å². The van der Waals surface area contributed by atoms with Gasteiger partial charge in [-0.2, -0.15) is 0 Å². The average molecular weight is 381 g/mol. The van der Waals surface area contributed by atoms with Gasteiger partial charge in [-0.25, -0.2) is 8.42 Å². The summed E-state index contributed by atoms with van der Waals surface area (Å²) in [5, 5.41) is 2.67. The Morgan fingerprint density at radius 3 is 2.39 bits per heavy atom. The Morgan fingerprint density at radius 2 is 1.89 bits per heavy atom. The minimum atomic E-state index is -3.46. The predicted octanol–water partition coefficient (Wildman–Crippen LogP) is 2.36. The number of hydrogen-bond acceptors (Lipinski definition) is 3. The van der Waals surface area contributed by atoms with E-state index in [4.69, 9.17) is 0 Å². The molecule has 0 saturated carbocycles. The first-order chi connectivity index (χ1) is 8.07. The summed E-state index contributed by atoms with van der Waals surface area (Å²) in [6.45, 7) is 4.69. The summed E-state index contributed by atoms with van der Waals surface area (Å²) in [7, 11) is -3.46. The number of halogens is 1. The van der Waals surface area contributed by atoms with Crippen LogP contribution in [0.15, 0.2) is 18.2 Å². The number of carbonyl (C=O) groups is 1. The van der Waals surface area contributed by atoms with Crippen LogP contribution in [-0.4, -0.2) is 25.3 Å². The van der Waals surface area contributed by atoms with E-state index in [9.17, 15) is 13.2 Å². The number of carbonyl (C=O) groups excluding carboxylic acids is 1. The van der Waals surface area contributed by atoms with E-state index in [1.807, 2.05) is 19.1 Å². The molecule has 0 aliphatic carbocycles. The summed E-state index contributed by atoms with van der Waals surface area (Å²) >= 11 is 2.16. The summed E-state index contributed by atoms with van der Waals surface area (Å²) < 4.78 is 22.7. The van der Waals surface area contributed by atoms with Crippen molar-refractivity contribution in [3.8, 4) is 0 Å². The molecule has 1 aromatic carbocycles. The van der Waals surface area contributed by atoms with Crippen molar-refractivity contribution < 1.29 is 13.2 Å². The van der Waals surface area contributed by atoms with Crippen molar-refractivity contribution in [2.45, 2.75) is 25.5 Å². The molecule has 0 bridgehead atoms. The average Bonchev–Trinajstić information content (AvgIpc) is 2.23. The molecule has 0 heterocycles. The van der Waals surface area contributed by atoms with Gasteiger partial charge in [-0.15, -0.1) is 0 Å². The Hall–Kier alpha value is -0.630. The van der Waals surface area contributed by atoms with Crippen LogP contribution < -0.4 is 5.32 Å². The molecular formula is C12H16INO3S. The van der Waals surface area contributed by atoms with Crippen molar-refractivity contribution >= 4 is 44.0 Å². The SMILES string of the molecule is Cc1c(I)cccc1NC(=O)C(C)(C)S(C)(=O)=O. The lowest BCUT2D eigenvalue weighted by Gasteiger charge is -2.22. The Labute approximate surface area is 121 Å². The molecule has 0 spiro atoms. The topological polar surface area (TPSA) is 63.2 Å². The molecule has 0 saturated heterocycles. The fourth-order valence-electron chi connectivity index (χ4n) is 1.18. The molecule has 0 aliphatic rings. The van der Waals surface area contributed by atoms with Crippen LogP contribution in [0.3, 0.4) is 0 Å². The van der Waals surface area contributed by atoms with Gasteiger partial charge in [0.2, 0.25) is 5.91 Å². The molecule has 0 fully saturated rings. The smallest absolute Gasteiger partial charge is 0.245 e. The number of benzene rings is 1. The largest absolute Gasteiger partial charge is 0.324 e. The Bertz CT molecular complexity index is 579. The molecule has 1 aromatic rings. The second-order valence-electron chi connectivity index (χ2n) is 4.65. The van der Waals surface area contributed by atoms with Crippen molar-refractivity contribution in [2.75, 3.05) is 11.6 Å². The number of sulfone groups is 1. The van der Waals surface area contributed by atoms with E-state index in [2.05, 4.69) is 27.9 Å². The first-order valence-corrected chi connectivity index (χ1v) is 8.30. The zero-order chi connectivity index (χ0) is 14.1. The van der Waals surface area contributed by atoms with E-state index in [0.29, 0.717) is 5.69 Å². The number of rotatable bonds is 3. The third-order valence-corrected chi connectivity index (χ3v) is 6.20. The zero-order valence-electron chi connectivity index (χ0n) is 10.7. The second-order valence-corrected chi connectivity index (χ2v) is 8.38. The highest BCUT2D eigenvalue weighted by Gasteiger charge is 2.38. The lowest BCUT2D eigenvalue weighted by molar-refractivity contribution is -0.117. The van der Waals surface area contributed by atoms with Crippen LogP contribution in [0.25, 0.3) is 0 Å². The van der Waals surface area contributed by atoms with Crippen LogP contribution in [0.2, 0.25) is 0 Å². The molecule has 0 atom stereocenters. The molecule has 100 valence electrons. The van der Waals surface area contributed by atoms with Gasteiger partial charge in [0, 0.05) is 15.5 Å². The van der Waals surface area contributed by atoms with Crippen molar-refractivity contribution in [2.24, 2.45) is 0 Å². The van der Waals surface area contributed by atoms with E-state index in [0.717, 1.165) is 15.4 Å². The summed E-state index contributed by atoms with van der Waals surface area (Å²) in [4.78, 5) is 12.1. The van der Waals surface area contributed by atoms with E-state index in [1.54, 1.807) is 6.07 Å². The van der Waals surface area contributed by atoms with Crippen molar-refractivity contribution in [3.63, 3.8) is 0 Å². The van der Waals surface area contributed by atoms with Crippen molar-refractivity contribution in [1.82, 2.24) is 0 Å². The third kappa shape index (κ3) is 3.03. The van der Waals surface area contributed by atoms with Gasteiger partial charge in [0.05, 0.1) is 0 Å². The Morgan fingerprint density at radius 1 is 1.33 bits per heavy atom. The van der Waals surface area contributed by atoms with E-state index in [1.165, 1.54) is 13.8 Å². The van der Waals surface area contributed by atoms with Gasteiger partial charge in [0.25, 0.3) is 0 Å². The summed E-state index contributed by atoms with van der Waals surface area (Å²) in [6, 6.07) is 5.50. The Balaban J connectivity index is 3.06. The van der Waals surface area contributed by atoms with Gasteiger partial charge < -0.3 is 5.32 Å². The maximum atomic E-state index is 12.1. The second kappa shape index (κ2) is 5.16. The normalized spacial score (nSPS) is 12.3. The summed E-state index contributed by atoms with van der Waals surface area (Å²) in [6.07, 6.45) is 1.06. The minimum Gasteiger partial charge on any atom is -0.324 e. The van der Waals surface area contributed by atoms with Gasteiger partial charge in [-0.05, 0) is 61.1 Å². The van der Waals surface area contributed by atoms with E-state index >= 15 is 0 Å². The fraction of sp³-hybridized carbons (Fsp3) is 0.417. The quantitative estimate of drug-likeness (QED) is 0.818. The first kappa shape index (κ1) is 15.4. The van der Waals surface area contributed by atoms with E-state index < -0.39 is 20.5 Å². The van der Waals surface area contributed by atoms with Gasteiger partial charge in [0.15, 0.2) is 9.84 Å². The van der Waals surface area contributed by atoms with Gasteiger partial charge in [-0.1, -0.05) is 6.07 Å². The number of anilines is 1. The van der Waals surface area contributed by atoms with Gasteiger partial charge >= 0.3 is 0 Å². The lowest BCUT2D eigenvalue weighted by Crippen LogP contribution is -2.44. The zero-order valence-corrected chi connectivity index (χ0v) is 13.7. The maximum Gasteiger partial charge on any atom is 0.245 e. The van der Waals surface area contributed by atoms with Gasteiger partial charge in [-0.3, -0.25) is 4.79 Å². The lowest BCUT2D eigenvalue weighted by atomic mass is 10.1. The van der Waals surface area contributed by atoms with Crippen molar-refractivity contribution in [3.05, 3.63) is 27.3 Å². The number of amides is 1. The molecule has 18 heavy (non-hydrogen) atoms. The molecule has 1 N–H and O–H groups in total. The number of hydrogen-bond donors (Lipinski definition) is 1. The van der Waals surface area contributed by atoms with Crippen LogP contribution >= 0.6 is 22.6 Å². The summed E-state index contributed by atoms with van der Waals surface area (Å²) in [5.74, 6) is -0.518. The predicted molar refractivity (Wildman–Crippen MR) is 81.4 cm³/mol. The molecule has 0 unspecified atom stereocenters. The molecule has 1 amide bonds. The highest BCUT2D eigenvalue weighted by atomic mass is 127. The Kier molecular flexibility index (Phi) is 4.42. The third-order valence-electron chi connectivity index (χ3n) is 2.99. The molecule has 1 rings (SSSR count). The van der Waals surface area contributed by atoms with E-state index in [-0.39, 0.29) is 0 Å². The highest BCUT2D eigenvalue weighted by Crippen LogP contribution is 2.23. The molecule has 0 aliphatic heterocycles. The van der Waals surface area contributed by atoms with Crippen molar-refractivity contribution in [1.29, 1.82) is 0 Å². The molecule has 6 heteroatoms. The van der Waals surface area contributed by atoms with Crippen LogP contribution in [0.4, 0.5) is 5.69 Å². The molecule has 0 radical (unpaired) electrons. The summed E-state index contributed by atoms with van der Waals surface area (Å²) in [5.41, 5.74) is 1.57. The standard InChI is InChI=1S/C12H16INO3S/c1-8-9(13)6-5-7-10(8)14-11(15)12(2,3)18(4,16)17/h5-7H,1-4H3,(H,14,15). The highest BCUT2D eigenvalue weighted by molar-refractivity contribution is 14.1. The van der Waals surface area contributed by atoms with Crippen LogP contribution in [-0.2, 0) is 14.6 Å². The monoisotopic (exact) mass is 381 g/mol. The van der Waals surface area contributed by atoms with Crippen LogP contribution in [0.5, 0.6) is 0 Å².